The van der Waals surface area contributed by atoms with Crippen LogP contribution in [0, 0.1) is 0 Å². The highest BCUT2D eigenvalue weighted by Crippen LogP contribution is 2.12. The second kappa shape index (κ2) is 7.65. The van der Waals surface area contributed by atoms with E-state index in [0.29, 0.717) is 12.1 Å². The fourth-order valence-corrected chi connectivity index (χ4v) is 1.96. The smallest absolute Gasteiger partial charge is 0.251 e. The minimum atomic E-state index is -0.380. The van der Waals surface area contributed by atoms with E-state index in [1.807, 2.05) is 19.9 Å². The van der Waals surface area contributed by atoms with Crippen molar-refractivity contribution in [1.82, 2.24) is 10.6 Å². The van der Waals surface area contributed by atoms with Gasteiger partial charge in [0.25, 0.3) is 5.91 Å². The predicted molar refractivity (Wildman–Crippen MR) is 79.3 cm³/mol. The van der Waals surface area contributed by atoms with Gasteiger partial charge < -0.3 is 16.4 Å². The molecule has 110 valence electrons. The topological polar surface area (TPSA) is 84.2 Å². The Morgan fingerprint density at radius 2 is 1.75 bits per heavy atom. The van der Waals surface area contributed by atoms with Gasteiger partial charge in [-0.25, -0.2) is 0 Å². The van der Waals surface area contributed by atoms with E-state index in [0.717, 1.165) is 12.8 Å². The van der Waals surface area contributed by atoms with Crippen LogP contribution in [0.1, 0.15) is 37.0 Å². The van der Waals surface area contributed by atoms with Gasteiger partial charge in [0.15, 0.2) is 0 Å². The zero-order valence-corrected chi connectivity index (χ0v) is 12.1. The number of nitrogens with one attached hydrogen (secondary N) is 2. The maximum atomic E-state index is 11.9. The highest BCUT2D eigenvalue weighted by molar-refractivity contribution is 5.96. The van der Waals surface area contributed by atoms with E-state index >= 15 is 0 Å². The molecule has 0 fully saturated rings. The minimum Gasteiger partial charge on any atom is -0.348 e. The van der Waals surface area contributed by atoms with Gasteiger partial charge in [-0.15, -0.1) is 0 Å². The zero-order chi connectivity index (χ0) is 15.0. The lowest BCUT2D eigenvalue weighted by atomic mass is 9.93. The van der Waals surface area contributed by atoms with Crippen LogP contribution in [0.5, 0.6) is 0 Å². The molecular weight excluding hydrogens is 254 g/mol. The van der Waals surface area contributed by atoms with Crippen LogP contribution in [0.25, 0.3) is 0 Å². The van der Waals surface area contributed by atoms with Crippen molar-refractivity contribution in [1.29, 1.82) is 0 Å². The van der Waals surface area contributed by atoms with E-state index in [-0.39, 0.29) is 23.9 Å². The number of carbonyl (C=O) groups is 2. The third-order valence-corrected chi connectivity index (χ3v) is 3.59. The van der Waals surface area contributed by atoms with Crippen molar-refractivity contribution in [3.63, 3.8) is 0 Å². The molecular formula is C15H23N3O2. The Bertz CT molecular complexity index is 433. The Labute approximate surface area is 119 Å². The SMILES string of the molecule is CCC(CC)(CN)NC(=O)CNC(=O)c1ccccc1. The standard InChI is InChI=1S/C15H23N3O2/c1-3-15(4-2,11-16)18-13(19)10-17-14(20)12-8-6-5-7-9-12/h5-9H,3-4,10-11,16H2,1-2H3,(H,17,20)(H,18,19). The number of nitrogens with two attached hydrogens (primary N) is 1. The lowest BCUT2D eigenvalue weighted by Crippen LogP contribution is -2.55. The fourth-order valence-electron chi connectivity index (χ4n) is 1.96. The molecule has 2 amide bonds. The average Bonchev–Trinajstić information content (AvgIpc) is 2.51. The van der Waals surface area contributed by atoms with E-state index in [2.05, 4.69) is 10.6 Å². The minimum absolute atomic E-state index is 0.0462. The molecule has 0 aliphatic heterocycles. The van der Waals surface area contributed by atoms with Gasteiger partial charge in [-0.1, -0.05) is 32.0 Å². The summed E-state index contributed by atoms with van der Waals surface area (Å²) in [5.74, 6) is -0.476. The molecule has 1 aromatic rings. The molecule has 1 aromatic carbocycles. The molecule has 0 aliphatic rings. The molecule has 0 aromatic heterocycles. The number of amides is 2. The fraction of sp³-hybridized carbons (Fsp3) is 0.467. The Morgan fingerprint density at radius 1 is 1.15 bits per heavy atom. The van der Waals surface area contributed by atoms with Crippen molar-refractivity contribution in [2.45, 2.75) is 32.2 Å². The van der Waals surface area contributed by atoms with Gasteiger partial charge in [0, 0.05) is 12.1 Å². The highest BCUT2D eigenvalue weighted by Gasteiger charge is 2.26. The molecule has 0 radical (unpaired) electrons. The first kappa shape index (κ1) is 16.2. The molecule has 0 atom stereocenters. The van der Waals surface area contributed by atoms with Gasteiger partial charge in [0.05, 0.1) is 12.1 Å². The number of hydrogen-bond donors (Lipinski definition) is 3. The predicted octanol–water partition coefficient (Wildman–Crippen LogP) is 1.05. The molecule has 4 N–H and O–H groups in total. The molecule has 0 bridgehead atoms. The molecule has 0 unspecified atom stereocenters. The number of carbonyl (C=O) groups excluding carboxylic acids is 2. The molecule has 1 rings (SSSR count). The average molecular weight is 277 g/mol. The van der Waals surface area contributed by atoms with Gasteiger partial charge >= 0.3 is 0 Å². The number of hydrogen-bond acceptors (Lipinski definition) is 3. The van der Waals surface area contributed by atoms with Gasteiger partial charge in [0.1, 0.15) is 0 Å². The normalized spacial score (nSPS) is 10.9. The summed E-state index contributed by atoms with van der Waals surface area (Å²) >= 11 is 0. The molecule has 20 heavy (non-hydrogen) atoms. The van der Waals surface area contributed by atoms with Crippen LogP contribution in [-0.4, -0.2) is 30.4 Å². The first-order chi connectivity index (χ1) is 9.56. The molecule has 0 heterocycles. The Kier molecular flexibility index (Phi) is 6.18. The molecule has 0 saturated carbocycles. The quantitative estimate of drug-likeness (QED) is 0.696. The van der Waals surface area contributed by atoms with E-state index in [1.54, 1.807) is 24.3 Å². The highest BCUT2D eigenvalue weighted by atomic mass is 16.2. The maximum Gasteiger partial charge on any atom is 0.251 e. The van der Waals surface area contributed by atoms with Crippen molar-refractivity contribution < 1.29 is 9.59 Å². The van der Waals surface area contributed by atoms with Gasteiger partial charge in [-0.05, 0) is 25.0 Å². The van der Waals surface area contributed by atoms with Gasteiger partial charge in [0.2, 0.25) is 5.91 Å². The molecule has 0 spiro atoms. The summed E-state index contributed by atoms with van der Waals surface area (Å²) in [6, 6.07) is 8.80. The third-order valence-electron chi connectivity index (χ3n) is 3.59. The summed E-state index contributed by atoms with van der Waals surface area (Å²) in [6.45, 7) is 4.31. The van der Waals surface area contributed by atoms with Crippen molar-refractivity contribution in [3.8, 4) is 0 Å². The van der Waals surface area contributed by atoms with Crippen molar-refractivity contribution in [2.24, 2.45) is 5.73 Å². The summed E-state index contributed by atoms with van der Waals surface area (Å²) in [5.41, 5.74) is 5.88. The van der Waals surface area contributed by atoms with Crippen molar-refractivity contribution >= 4 is 11.8 Å². The molecule has 0 saturated heterocycles. The Morgan fingerprint density at radius 3 is 2.25 bits per heavy atom. The van der Waals surface area contributed by atoms with Gasteiger partial charge in [-0.3, -0.25) is 9.59 Å². The lowest BCUT2D eigenvalue weighted by Gasteiger charge is -2.31. The second-order valence-corrected chi connectivity index (χ2v) is 4.79. The summed E-state index contributed by atoms with van der Waals surface area (Å²) in [4.78, 5) is 23.7. The Hall–Kier alpha value is -1.88. The zero-order valence-electron chi connectivity index (χ0n) is 12.1. The van der Waals surface area contributed by atoms with Crippen LogP contribution in [-0.2, 0) is 4.79 Å². The van der Waals surface area contributed by atoms with Crippen LogP contribution in [0.2, 0.25) is 0 Å². The summed E-state index contributed by atoms with van der Waals surface area (Å²) in [6.07, 6.45) is 1.52. The second-order valence-electron chi connectivity index (χ2n) is 4.79. The summed E-state index contributed by atoms with van der Waals surface area (Å²) in [5, 5.41) is 5.51. The van der Waals surface area contributed by atoms with E-state index in [1.165, 1.54) is 0 Å². The van der Waals surface area contributed by atoms with Crippen LogP contribution in [0.3, 0.4) is 0 Å². The van der Waals surface area contributed by atoms with E-state index in [9.17, 15) is 9.59 Å². The largest absolute Gasteiger partial charge is 0.348 e. The lowest BCUT2D eigenvalue weighted by molar-refractivity contribution is -0.122. The van der Waals surface area contributed by atoms with Crippen LogP contribution >= 0.6 is 0 Å². The van der Waals surface area contributed by atoms with E-state index < -0.39 is 0 Å². The number of rotatable bonds is 7. The third kappa shape index (κ3) is 4.35. The van der Waals surface area contributed by atoms with Crippen LogP contribution in [0.15, 0.2) is 30.3 Å². The molecule has 5 heteroatoms. The van der Waals surface area contributed by atoms with E-state index in [4.69, 9.17) is 5.73 Å². The van der Waals surface area contributed by atoms with Crippen LogP contribution < -0.4 is 16.4 Å². The molecule has 0 aliphatic carbocycles. The first-order valence-electron chi connectivity index (χ1n) is 6.91. The summed E-state index contributed by atoms with van der Waals surface area (Å²) in [7, 11) is 0. The Balaban J connectivity index is 2.50. The first-order valence-corrected chi connectivity index (χ1v) is 6.91. The summed E-state index contributed by atoms with van der Waals surface area (Å²) < 4.78 is 0. The maximum absolute atomic E-state index is 11.9. The van der Waals surface area contributed by atoms with Crippen molar-refractivity contribution in [2.75, 3.05) is 13.1 Å². The molecule has 5 nitrogen and oxygen atoms in total. The number of benzene rings is 1. The monoisotopic (exact) mass is 277 g/mol. The van der Waals surface area contributed by atoms with Crippen molar-refractivity contribution in [3.05, 3.63) is 35.9 Å². The van der Waals surface area contributed by atoms with Gasteiger partial charge in [-0.2, -0.15) is 0 Å². The van der Waals surface area contributed by atoms with Crippen LogP contribution in [0.4, 0.5) is 0 Å².